The summed E-state index contributed by atoms with van der Waals surface area (Å²) < 4.78 is 7.31. The third-order valence-electron chi connectivity index (χ3n) is 4.22. The van der Waals surface area contributed by atoms with Crippen LogP contribution in [0.1, 0.15) is 27.0 Å². The van der Waals surface area contributed by atoms with Crippen LogP contribution in [0.5, 0.6) is 0 Å². The Morgan fingerprint density at radius 1 is 1.12 bits per heavy atom. The van der Waals surface area contributed by atoms with Gasteiger partial charge in [0.1, 0.15) is 4.88 Å². The van der Waals surface area contributed by atoms with Crippen LogP contribution in [0.4, 0.5) is 0 Å². The first-order valence-corrected chi connectivity index (χ1v) is 9.05. The molecule has 3 aromatic heterocycles. The van der Waals surface area contributed by atoms with Crippen molar-refractivity contribution in [3.63, 3.8) is 0 Å². The van der Waals surface area contributed by atoms with Crippen molar-refractivity contribution in [2.75, 3.05) is 0 Å². The molecule has 0 spiro atoms. The average Bonchev–Trinajstić information content (AvgIpc) is 3.39. The Bertz CT molecular complexity index is 1080. The number of carbonyl (C=O) groups excluding carboxylic acids is 2. The number of benzene rings is 1. The van der Waals surface area contributed by atoms with E-state index in [1.165, 1.54) is 11.3 Å². The molecule has 3 heterocycles. The summed E-state index contributed by atoms with van der Waals surface area (Å²) in [6.07, 6.45) is 4.51. The van der Waals surface area contributed by atoms with E-state index in [0.717, 1.165) is 16.6 Å². The molecule has 0 aliphatic rings. The number of thiophene rings is 1. The minimum absolute atomic E-state index is 0.227. The molecule has 0 unspecified atom stereocenters. The van der Waals surface area contributed by atoms with E-state index in [2.05, 4.69) is 4.98 Å². The summed E-state index contributed by atoms with van der Waals surface area (Å²) in [5.74, 6) is -0.723. The van der Waals surface area contributed by atoms with E-state index in [9.17, 15) is 9.59 Å². The van der Waals surface area contributed by atoms with E-state index in [1.807, 2.05) is 64.8 Å². The lowest BCUT2D eigenvalue weighted by Crippen LogP contribution is -2.24. The average molecular weight is 364 g/mol. The summed E-state index contributed by atoms with van der Waals surface area (Å²) >= 11 is 1.30. The number of nitrogens with one attached hydrogen (secondary N) is 1. The van der Waals surface area contributed by atoms with E-state index in [1.54, 1.807) is 13.1 Å². The van der Waals surface area contributed by atoms with E-state index >= 15 is 0 Å². The highest BCUT2D eigenvalue weighted by atomic mass is 32.1. The molecule has 6 heteroatoms. The third-order valence-corrected chi connectivity index (χ3v) is 5.10. The fourth-order valence-corrected chi connectivity index (χ4v) is 3.69. The zero-order chi connectivity index (χ0) is 18.1. The van der Waals surface area contributed by atoms with Crippen LogP contribution in [0.3, 0.4) is 0 Å². The zero-order valence-corrected chi connectivity index (χ0v) is 14.8. The highest BCUT2D eigenvalue weighted by Gasteiger charge is 2.25. The van der Waals surface area contributed by atoms with Crippen molar-refractivity contribution < 1.29 is 14.3 Å². The largest absolute Gasteiger partial charge is 0.450 e. The summed E-state index contributed by atoms with van der Waals surface area (Å²) in [6, 6.07) is 13.2. The fourth-order valence-electron chi connectivity index (χ4n) is 2.92. The number of Topliss-reactive ketones (excluding diaryl/α,β-unsaturated/α-hetero) is 1. The highest BCUT2D eigenvalue weighted by Crippen LogP contribution is 2.24. The minimum Gasteiger partial charge on any atom is -0.450 e. The van der Waals surface area contributed by atoms with Crippen LogP contribution in [-0.4, -0.2) is 27.4 Å². The lowest BCUT2D eigenvalue weighted by Gasteiger charge is -2.12. The first-order chi connectivity index (χ1) is 12.6. The number of H-pyrrole nitrogens is 1. The van der Waals surface area contributed by atoms with Crippen molar-refractivity contribution in [3.05, 3.63) is 76.9 Å². The smallest absolute Gasteiger partial charge is 0.351 e. The van der Waals surface area contributed by atoms with Gasteiger partial charge in [-0.3, -0.25) is 4.79 Å². The Hall–Kier alpha value is -3.12. The summed E-state index contributed by atoms with van der Waals surface area (Å²) in [6.45, 7) is 1.60. The Morgan fingerprint density at radius 3 is 2.69 bits per heavy atom. The lowest BCUT2D eigenvalue weighted by molar-refractivity contribution is 0.0324. The maximum atomic E-state index is 12.7. The number of esters is 1. The van der Waals surface area contributed by atoms with Gasteiger partial charge in [-0.1, -0.05) is 18.2 Å². The number of hydrogen-bond donors (Lipinski definition) is 1. The second-order valence-electron chi connectivity index (χ2n) is 5.88. The molecule has 1 aromatic carbocycles. The van der Waals surface area contributed by atoms with Gasteiger partial charge < -0.3 is 14.3 Å². The summed E-state index contributed by atoms with van der Waals surface area (Å²) in [5, 5.41) is 2.66. The molecule has 0 amide bonds. The molecule has 5 nitrogen and oxygen atoms in total. The number of nitrogens with zero attached hydrogens (tertiary/aromatic N) is 1. The molecular weight excluding hydrogens is 348 g/mol. The molecule has 130 valence electrons. The Morgan fingerprint density at radius 2 is 1.88 bits per heavy atom. The number of hydrogen-bond acceptors (Lipinski definition) is 4. The number of aromatic amines is 1. The van der Waals surface area contributed by atoms with Crippen LogP contribution < -0.4 is 0 Å². The van der Waals surface area contributed by atoms with Crippen LogP contribution in [0.15, 0.2) is 66.4 Å². The molecule has 0 radical (unpaired) electrons. The van der Waals surface area contributed by atoms with E-state index in [4.69, 9.17) is 4.74 Å². The van der Waals surface area contributed by atoms with Crippen molar-refractivity contribution >= 4 is 34.0 Å². The Kier molecular flexibility index (Phi) is 4.18. The standard InChI is InChI=1S/C20H16N2O3S/c1-13(18(23)15-12-21-16-7-3-2-6-14(15)16)25-20(24)19-17(8-11-26-19)22-9-4-5-10-22/h2-13,21H,1H3/t13-/m1/s1. The normalized spacial score (nSPS) is 12.2. The maximum Gasteiger partial charge on any atom is 0.351 e. The van der Waals surface area contributed by atoms with Gasteiger partial charge in [-0.05, 0) is 36.6 Å². The minimum atomic E-state index is -0.874. The van der Waals surface area contributed by atoms with E-state index in [0.29, 0.717) is 10.4 Å². The van der Waals surface area contributed by atoms with Gasteiger partial charge in [0.25, 0.3) is 0 Å². The predicted molar refractivity (Wildman–Crippen MR) is 101 cm³/mol. The Balaban J connectivity index is 1.55. The molecule has 0 fully saturated rings. The van der Waals surface area contributed by atoms with Crippen molar-refractivity contribution in [2.45, 2.75) is 13.0 Å². The quantitative estimate of drug-likeness (QED) is 0.420. The monoisotopic (exact) mass is 364 g/mol. The summed E-state index contributed by atoms with van der Waals surface area (Å²) in [5.41, 5.74) is 2.15. The molecule has 0 aliphatic carbocycles. The molecule has 0 bridgehead atoms. The summed E-state index contributed by atoms with van der Waals surface area (Å²) in [7, 11) is 0. The first kappa shape index (κ1) is 16.4. The zero-order valence-electron chi connectivity index (χ0n) is 14.0. The highest BCUT2D eigenvalue weighted by molar-refractivity contribution is 7.12. The van der Waals surface area contributed by atoms with Crippen molar-refractivity contribution in [2.24, 2.45) is 0 Å². The van der Waals surface area contributed by atoms with Crippen LogP contribution >= 0.6 is 11.3 Å². The van der Waals surface area contributed by atoms with Gasteiger partial charge in [-0.15, -0.1) is 11.3 Å². The molecule has 4 aromatic rings. The van der Waals surface area contributed by atoms with E-state index < -0.39 is 12.1 Å². The number of ether oxygens (including phenoxy) is 1. The number of aromatic nitrogens is 2. The van der Waals surface area contributed by atoms with Crippen LogP contribution in [-0.2, 0) is 4.74 Å². The number of ketones is 1. The van der Waals surface area contributed by atoms with E-state index in [-0.39, 0.29) is 5.78 Å². The van der Waals surface area contributed by atoms with Gasteiger partial charge in [0.2, 0.25) is 5.78 Å². The molecule has 26 heavy (non-hydrogen) atoms. The van der Waals surface area contributed by atoms with Crippen LogP contribution in [0.25, 0.3) is 16.6 Å². The fraction of sp³-hybridized carbons (Fsp3) is 0.100. The van der Waals surface area contributed by atoms with Crippen LogP contribution in [0, 0.1) is 0 Å². The SMILES string of the molecule is C[C@@H](OC(=O)c1sccc1-n1cccc1)C(=O)c1c[nH]c2ccccc12. The first-order valence-electron chi connectivity index (χ1n) is 8.17. The predicted octanol–water partition coefficient (Wildman–Crippen LogP) is 4.45. The van der Waals surface area contributed by atoms with Gasteiger partial charge in [-0.2, -0.15) is 0 Å². The molecule has 0 saturated heterocycles. The molecule has 0 aliphatic heterocycles. The number of carbonyl (C=O) groups is 2. The molecular formula is C20H16N2O3S. The molecule has 4 rings (SSSR count). The van der Waals surface area contributed by atoms with Crippen molar-refractivity contribution in [3.8, 4) is 5.69 Å². The van der Waals surface area contributed by atoms with Crippen molar-refractivity contribution in [1.29, 1.82) is 0 Å². The van der Waals surface area contributed by atoms with Crippen molar-refractivity contribution in [1.82, 2.24) is 9.55 Å². The Labute approximate surface area is 153 Å². The van der Waals surface area contributed by atoms with Gasteiger partial charge in [0.05, 0.1) is 5.69 Å². The topological polar surface area (TPSA) is 64.1 Å². The van der Waals surface area contributed by atoms with Gasteiger partial charge >= 0.3 is 5.97 Å². The number of para-hydroxylation sites is 1. The summed E-state index contributed by atoms with van der Waals surface area (Å²) in [4.78, 5) is 28.9. The molecule has 0 saturated carbocycles. The van der Waals surface area contributed by atoms with Crippen LogP contribution in [0.2, 0.25) is 0 Å². The number of fused-ring (bicyclic) bond motifs is 1. The lowest BCUT2D eigenvalue weighted by atomic mass is 10.1. The second kappa shape index (κ2) is 6.65. The van der Waals surface area contributed by atoms with Gasteiger partial charge in [0.15, 0.2) is 6.10 Å². The third kappa shape index (κ3) is 2.84. The molecule has 1 N–H and O–H groups in total. The number of rotatable bonds is 5. The molecule has 1 atom stereocenters. The second-order valence-corrected chi connectivity index (χ2v) is 6.80. The maximum absolute atomic E-state index is 12.7. The van der Waals surface area contributed by atoms with Gasteiger partial charge in [0, 0.05) is 35.1 Å². The van der Waals surface area contributed by atoms with Gasteiger partial charge in [-0.25, -0.2) is 4.79 Å².